The number of benzene rings is 1. The van der Waals surface area contributed by atoms with Crippen molar-refractivity contribution in [2.75, 3.05) is 0 Å². The highest BCUT2D eigenvalue weighted by molar-refractivity contribution is 6.30. The Kier molecular flexibility index (Phi) is 3.85. The highest BCUT2D eigenvalue weighted by atomic mass is 35.5. The number of amides is 1. The molecule has 23 heavy (non-hydrogen) atoms. The Bertz CT molecular complexity index is 763. The van der Waals surface area contributed by atoms with Gasteiger partial charge in [0.1, 0.15) is 5.41 Å². The summed E-state index contributed by atoms with van der Waals surface area (Å²) in [6.45, 7) is 1.86. The van der Waals surface area contributed by atoms with E-state index in [0.29, 0.717) is 35.2 Å². The summed E-state index contributed by atoms with van der Waals surface area (Å²) in [5.74, 6) is -0.637. The van der Waals surface area contributed by atoms with Crippen LogP contribution in [0, 0.1) is 12.3 Å². The first-order valence-corrected chi connectivity index (χ1v) is 7.54. The van der Waals surface area contributed by atoms with Gasteiger partial charge in [-0.1, -0.05) is 11.6 Å². The van der Waals surface area contributed by atoms with Crippen LogP contribution in [0.4, 0.5) is 0 Å². The largest absolute Gasteiger partial charge is 0.480 e. The van der Waals surface area contributed by atoms with Gasteiger partial charge in [-0.05, 0) is 44.0 Å². The molecule has 1 fully saturated rings. The minimum absolute atomic E-state index is 0.0578. The summed E-state index contributed by atoms with van der Waals surface area (Å²) in [6, 6.07) is 7.15. The molecular formula is C16H15ClN2O4. The second kappa shape index (κ2) is 5.70. The predicted molar refractivity (Wildman–Crippen MR) is 82.8 cm³/mol. The second-order valence-corrected chi connectivity index (χ2v) is 6.04. The predicted octanol–water partition coefficient (Wildman–Crippen LogP) is 2.78. The first kappa shape index (κ1) is 15.6. The summed E-state index contributed by atoms with van der Waals surface area (Å²) in [6.07, 6.45) is 0.740. The van der Waals surface area contributed by atoms with E-state index in [9.17, 15) is 9.59 Å². The summed E-state index contributed by atoms with van der Waals surface area (Å²) in [7, 11) is 0. The van der Waals surface area contributed by atoms with E-state index in [1.54, 1.807) is 19.1 Å². The molecule has 0 spiro atoms. The van der Waals surface area contributed by atoms with E-state index in [0.717, 1.165) is 5.56 Å². The minimum Gasteiger partial charge on any atom is -0.480 e. The molecule has 1 aromatic carbocycles. The highest BCUT2D eigenvalue weighted by Crippen LogP contribution is 2.46. The topological polar surface area (TPSA) is 92.4 Å². The Morgan fingerprint density at radius 1 is 1.35 bits per heavy atom. The van der Waals surface area contributed by atoms with Gasteiger partial charge in [-0.15, -0.1) is 0 Å². The molecule has 0 unspecified atom stereocenters. The van der Waals surface area contributed by atoms with Gasteiger partial charge >= 0.3 is 5.97 Å². The van der Waals surface area contributed by atoms with Crippen molar-refractivity contribution in [1.82, 2.24) is 10.3 Å². The van der Waals surface area contributed by atoms with Crippen LogP contribution in [-0.2, 0) is 16.1 Å². The van der Waals surface area contributed by atoms with Crippen molar-refractivity contribution in [3.8, 4) is 11.3 Å². The summed E-state index contributed by atoms with van der Waals surface area (Å²) >= 11 is 5.86. The van der Waals surface area contributed by atoms with E-state index in [1.165, 1.54) is 0 Å². The molecule has 6 nitrogen and oxygen atoms in total. The summed E-state index contributed by atoms with van der Waals surface area (Å²) < 4.78 is 5.67. The van der Waals surface area contributed by atoms with Crippen molar-refractivity contribution in [3.63, 3.8) is 0 Å². The number of rotatable bonds is 5. The van der Waals surface area contributed by atoms with Crippen molar-refractivity contribution in [3.05, 3.63) is 40.9 Å². The average molecular weight is 335 g/mol. The van der Waals surface area contributed by atoms with Crippen LogP contribution in [0.3, 0.4) is 0 Å². The number of nitrogens with zero attached hydrogens (tertiary/aromatic N) is 1. The van der Waals surface area contributed by atoms with Crippen LogP contribution in [0.25, 0.3) is 11.3 Å². The summed E-state index contributed by atoms with van der Waals surface area (Å²) in [5, 5.41) is 12.3. The Morgan fingerprint density at radius 3 is 2.57 bits per heavy atom. The Balaban J connectivity index is 1.70. The number of halogens is 1. The third-order valence-corrected chi connectivity index (χ3v) is 4.19. The monoisotopic (exact) mass is 334 g/mol. The maximum absolute atomic E-state index is 12.0. The van der Waals surface area contributed by atoms with Crippen LogP contribution >= 0.6 is 11.6 Å². The zero-order chi connectivity index (χ0) is 16.6. The number of aliphatic carboxylic acids is 1. The number of carboxylic acid groups (broad SMARTS) is 1. The quantitative estimate of drug-likeness (QED) is 0.820. The number of carboxylic acids is 1. The summed E-state index contributed by atoms with van der Waals surface area (Å²) in [5.41, 5.74) is 0.262. The van der Waals surface area contributed by atoms with Gasteiger partial charge in [0.05, 0.1) is 12.2 Å². The van der Waals surface area contributed by atoms with E-state index in [1.807, 2.05) is 12.1 Å². The molecule has 1 heterocycles. The minimum atomic E-state index is -1.26. The lowest BCUT2D eigenvalue weighted by Gasteiger charge is -2.08. The smallest absolute Gasteiger partial charge is 0.319 e. The lowest BCUT2D eigenvalue weighted by atomic mass is 10.1. The van der Waals surface area contributed by atoms with Gasteiger partial charge in [-0.25, -0.2) is 4.98 Å². The first-order valence-electron chi connectivity index (χ1n) is 7.16. The van der Waals surface area contributed by atoms with E-state index in [2.05, 4.69) is 10.3 Å². The van der Waals surface area contributed by atoms with Gasteiger partial charge in [0.2, 0.25) is 11.8 Å². The fraction of sp³-hybridized carbons (Fsp3) is 0.312. The average Bonchev–Trinajstić information content (AvgIpc) is 3.25. The van der Waals surface area contributed by atoms with Crippen molar-refractivity contribution in [2.45, 2.75) is 26.3 Å². The zero-order valence-electron chi connectivity index (χ0n) is 12.4. The lowest BCUT2D eigenvalue weighted by molar-refractivity contribution is -0.149. The van der Waals surface area contributed by atoms with Gasteiger partial charge in [0, 0.05) is 10.6 Å². The van der Waals surface area contributed by atoms with Gasteiger partial charge < -0.3 is 14.8 Å². The van der Waals surface area contributed by atoms with Crippen LogP contribution in [0.1, 0.15) is 24.4 Å². The molecule has 0 aliphatic heterocycles. The summed E-state index contributed by atoms with van der Waals surface area (Å²) in [4.78, 5) is 27.3. The van der Waals surface area contributed by atoms with Crippen LogP contribution < -0.4 is 5.32 Å². The Morgan fingerprint density at radius 2 is 2.00 bits per heavy atom. The van der Waals surface area contributed by atoms with Crippen LogP contribution in [0.2, 0.25) is 5.02 Å². The van der Waals surface area contributed by atoms with Crippen LogP contribution in [-0.4, -0.2) is 22.0 Å². The van der Waals surface area contributed by atoms with Gasteiger partial charge in [-0.3, -0.25) is 9.59 Å². The SMILES string of the molecule is Cc1nc(CNC(=O)C2(C(=O)O)CC2)oc1-c1ccc(Cl)cc1. The molecule has 120 valence electrons. The number of aryl methyl sites for hydroxylation is 1. The number of hydrogen-bond donors (Lipinski definition) is 2. The molecule has 2 aromatic rings. The van der Waals surface area contributed by atoms with E-state index < -0.39 is 17.3 Å². The van der Waals surface area contributed by atoms with Crippen LogP contribution in [0.15, 0.2) is 28.7 Å². The third-order valence-electron chi connectivity index (χ3n) is 3.94. The number of carbonyl (C=O) groups is 2. The fourth-order valence-corrected chi connectivity index (χ4v) is 2.51. The Hall–Kier alpha value is -2.34. The van der Waals surface area contributed by atoms with E-state index in [4.69, 9.17) is 21.1 Å². The molecule has 0 bridgehead atoms. The maximum atomic E-state index is 12.0. The normalized spacial score (nSPS) is 15.2. The molecule has 1 aliphatic carbocycles. The van der Waals surface area contributed by atoms with Crippen molar-refractivity contribution < 1.29 is 19.1 Å². The first-order chi connectivity index (χ1) is 10.9. The van der Waals surface area contributed by atoms with Crippen molar-refractivity contribution in [1.29, 1.82) is 0 Å². The molecular weight excluding hydrogens is 320 g/mol. The van der Waals surface area contributed by atoms with Gasteiger partial charge in [0.15, 0.2) is 5.76 Å². The molecule has 2 N–H and O–H groups in total. The standard InChI is InChI=1S/C16H15ClN2O4/c1-9-13(10-2-4-11(17)5-3-10)23-12(19-9)8-18-14(20)16(6-7-16)15(21)22/h2-5H,6-8H2,1H3,(H,18,20)(H,21,22). The molecule has 1 aromatic heterocycles. The number of hydrogen-bond acceptors (Lipinski definition) is 4. The van der Waals surface area contributed by atoms with Gasteiger partial charge in [-0.2, -0.15) is 0 Å². The zero-order valence-corrected chi connectivity index (χ0v) is 13.2. The third kappa shape index (κ3) is 2.94. The number of carbonyl (C=O) groups excluding carboxylic acids is 1. The molecule has 0 saturated heterocycles. The fourth-order valence-electron chi connectivity index (χ4n) is 2.39. The highest BCUT2D eigenvalue weighted by Gasteiger charge is 2.57. The number of oxazole rings is 1. The van der Waals surface area contributed by atoms with Crippen molar-refractivity contribution in [2.24, 2.45) is 5.41 Å². The van der Waals surface area contributed by atoms with Crippen molar-refractivity contribution >= 4 is 23.5 Å². The molecule has 7 heteroatoms. The molecule has 1 saturated carbocycles. The number of aromatic nitrogens is 1. The second-order valence-electron chi connectivity index (χ2n) is 5.60. The Labute approximate surface area is 137 Å². The molecule has 1 amide bonds. The number of nitrogens with one attached hydrogen (secondary N) is 1. The van der Waals surface area contributed by atoms with Gasteiger partial charge in [0.25, 0.3) is 0 Å². The maximum Gasteiger partial charge on any atom is 0.319 e. The molecule has 3 rings (SSSR count). The molecule has 0 radical (unpaired) electrons. The molecule has 1 aliphatic rings. The van der Waals surface area contributed by atoms with Crippen LogP contribution in [0.5, 0.6) is 0 Å². The lowest BCUT2D eigenvalue weighted by Crippen LogP contribution is -2.36. The molecule has 0 atom stereocenters. The van der Waals surface area contributed by atoms with E-state index in [-0.39, 0.29) is 6.54 Å². The van der Waals surface area contributed by atoms with E-state index >= 15 is 0 Å².